The normalized spacial score (nSPS) is 16.0. The minimum Gasteiger partial charge on any atom is -0.311 e. The third-order valence-electron chi connectivity index (χ3n) is 6.48. The lowest BCUT2D eigenvalue weighted by atomic mass is 9.90. The summed E-state index contributed by atoms with van der Waals surface area (Å²) in [6.45, 7) is 4.72. The second-order valence-corrected chi connectivity index (χ2v) is 11.2. The summed E-state index contributed by atoms with van der Waals surface area (Å²) in [7, 11) is -3.32. The van der Waals surface area contributed by atoms with Crippen LogP contribution >= 0.6 is 0 Å². The minimum atomic E-state index is -3.32. The van der Waals surface area contributed by atoms with Gasteiger partial charge in [0.2, 0.25) is 10.0 Å². The zero-order valence-corrected chi connectivity index (χ0v) is 21.3. The van der Waals surface area contributed by atoms with Gasteiger partial charge in [0, 0.05) is 37.9 Å². The number of sulfonamides is 1. The molecular weight excluding hydrogens is 480 g/mol. The molecule has 1 unspecified atom stereocenters. The van der Waals surface area contributed by atoms with Gasteiger partial charge in [0.05, 0.1) is 5.75 Å². The highest BCUT2D eigenvalue weighted by Gasteiger charge is 2.26. The lowest BCUT2D eigenvalue weighted by molar-refractivity contribution is 0.170. The Kier molecular flexibility index (Phi) is 8.72. The van der Waals surface area contributed by atoms with Crippen LogP contribution in [0, 0.1) is 11.6 Å². The number of halogens is 2. The summed E-state index contributed by atoms with van der Waals surface area (Å²) in [4.78, 5) is 2.39. The number of hydrogen-bond donors (Lipinski definition) is 2. The Bertz CT molecular complexity index is 1270. The molecular formula is C28H33F2N3O2S. The Morgan fingerprint density at radius 3 is 2.50 bits per heavy atom. The SMILES string of the molecule is CCCS(=O)(=O)Nc1cccc(CNCCN2Cc3ccc(F)cc3CC2Cc2ccc(F)cc2)c1. The molecule has 0 aromatic heterocycles. The molecule has 3 aromatic carbocycles. The van der Waals surface area contributed by atoms with Crippen LogP contribution in [0.4, 0.5) is 14.5 Å². The van der Waals surface area contributed by atoms with Crippen molar-refractivity contribution in [1.82, 2.24) is 10.2 Å². The maximum Gasteiger partial charge on any atom is 0.232 e. The molecule has 4 rings (SSSR count). The van der Waals surface area contributed by atoms with Crippen molar-refractivity contribution in [2.45, 2.75) is 45.3 Å². The fourth-order valence-corrected chi connectivity index (χ4v) is 5.85. The van der Waals surface area contributed by atoms with Gasteiger partial charge in [0.25, 0.3) is 0 Å². The molecule has 1 atom stereocenters. The van der Waals surface area contributed by atoms with Gasteiger partial charge in [-0.2, -0.15) is 0 Å². The van der Waals surface area contributed by atoms with Crippen molar-refractivity contribution in [3.05, 3.63) is 101 Å². The molecule has 192 valence electrons. The van der Waals surface area contributed by atoms with Crippen LogP contribution in [0.25, 0.3) is 0 Å². The number of nitrogens with zero attached hydrogens (tertiary/aromatic N) is 1. The van der Waals surface area contributed by atoms with Crippen molar-refractivity contribution in [2.75, 3.05) is 23.6 Å². The van der Waals surface area contributed by atoms with Crippen molar-refractivity contribution in [2.24, 2.45) is 0 Å². The molecule has 1 aliphatic rings. The van der Waals surface area contributed by atoms with Crippen molar-refractivity contribution in [3.63, 3.8) is 0 Å². The molecule has 1 heterocycles. The van der Waals surface area contributed by atoms with Crippen LogP contribution in [0.2, 0.25) is 0 Å². The van der Waals surface area contributed by atoms with E-state index in [1.54, 1.807) is 12.1 Å². The first kappa shape index (κ1) is 26.3. The molecule has 36 heavy (non-hydrogen) atoms. The second-order valence-electron chi connectivity index (χ2n) is 9.37. The third-order valence-corrected chi connectivity index (χ3v) is 7.97. The maximum atomic E-state index is 13.9. The maximum absolute atomic E-state index is 13.9. The van der Waals surface area contributed by atoms with Crippen molar-refractivity contribution < 1.29 is 17.2 Å². The fourth-order valence-electron chi connectivity index (χ4n) is 4.72. The van der Waals surface area contributed by atoms with E-state index in [4.69, 9.17) is 0 Å². The first-order valence-electron chi connectivity index (χ1n) is 12.4. The number of rotatable bonds is 11. The quantitative estimate of drug-likeness (QED) is 0.359. The molecule has 0 spiro atoms. The third kappa shape index (κ3) is 7.35. The summed E-state index contributed by atoms with van der Waals surface area (Å²) < 4.78 is 54.0. The average Bonchev–Trinajstić information content (AvgIpc) is 2.83. The Morgan fingerprint density at radius 2 is 1.72 bits per heavy atom. The van der Waals surface area contributed by atoms with Gasteiger partial charge in [0.1, 0.15) is 11.6 Å². The summed E-state index contributed by atoms with van der Waals surface area (Å²) in [6.07, 6.45) is 2.06. The van der Waals surface area contributed by atoms with Crippen molar-refractivity contribution >= 4 is 15.7 Å². The minimum absolute atomic E-state index is 0.0974. The molecule has 0 radical (unpaired) electrons. The van der Waals surface area contributed by atoms with E-state index in [0.29, 0.717) is 18.7 Å². The Balaban J connectivity index is 1.37. The number of anilines is 1. The number of benzene rings is 3. The molecule has 2 N–H and O–H groups in total. The van der Waals surface area contributed by atoms with E-state index in [9.17, 15) is 17.2 Å². The van der Waals surface area contributed by atoms with Crippen molar-refractivity contribution in [1.29, 1.82) is 0 Å². The predicted molar refractivity (Wildman–Crippen MR) is 140 cm³/mol. The summed E-state index contributed by atoms with van der Waals surface area (Å²) in [5.41, 5.74) is 4.80. The van der Waals surface area contributed by atoms with Gasteiger partial charge in [-0.1, -0.05) is 37.3 Å². The number of hydrogen-bond acceptors (Lipinski definition) is 4. The van der Waals surface area contributed by atoms with Gasteiger partial charge in [-0.05, 0) is 77.9 Å². The molecule has 0 aliphatic carbocycles. The molecule has 0 saturated carbocycles. The summed E-state index contributed by atoms with van der Waals surface area (Å²) in [5, 5.41) is 3.46. The fraction of sp³-hybridized carbons (Fsp3) is 0.357. The van der Waals surface area contributed by atoms with E-state index in [2.05, 4.69) is 14.9 Å². The lowest BCUT2D eigenvalue weighted by Gasteiger charge is -2.37. The molecule has 3 aromatic rings. The molecule has 0 bridgehead atoms. The molecule has 0 amide bonds. The summed E-state index contributed by atoms with van der Waals surface area (Å²) in [6, 6.07) is 19.2. The van der Waals surface area contributed by atoms with Gasteiger partial charge < -0.3 is 5.32 Å². The van der Waals surface area contributed by atoms with Crippen LogP contribution in [0.1, 0.15) is 35.6 Å². The van der Waals surface area contributed by atoms with Crippen molar-refractivity contribution in [3.8, 4) is 0 Å². The Hall–Kier alpha value is -2.81. The molecule has 8 heteroatoms. The van der Waals surface area contributed by atoms with Gasteiger partial charge in [0.15, 0.2) is 0 Å². The number of nitrogens with one attached hydrogen (secondary N) is 2. The van der Waals surface area contributed by atoms with E-state index < -0.39 is 10.0 Å². The van der Waals surface area contributed by atoms with Crippen LogP contribution in [-0.2, 0) is 36.0 Å². The Morgan fingerprint density at radius 1 is 0.944 bits per heavy atom. The van der Waals surface area contributed by atoms with Crippen LogP contribution < -0.4 is 10.0 Å². The first-order valence-corrected chi connectivity index (χ1v) is 14.0. The van der Waals surface area contributed by atoms with E-state index in [1.807, 2.05) is 43.3 Å². The average molecular weight is 514 g/mol. The molecule has 0 fully saturated rings. The molecule has 5 nitrogen and oxygen atoms in total. The Labute approximate surface area is 212 Å². The zero-order valence-electron chi connectivity index (χ0n) is 20.5. The lowest BCUT2D eigenvalue weighted by Crippen LogP contribution is -2.44. The van der Waals surface area contributed by atoms with Gasteiger partial charge >= 0.3 is 0 Å². The van der Waals surface area contributed by atoms with E-state index in [1.165, 1.54) is 18.2 Å². The highest BCUT2D eigenvalue weighted by molar-refractivity contribution is 7.92. The van der Waals surface area contributed by atoms with Crippen LogP contribution in [-0.4, -0.2) is 38.2 Å². The monoisotopic (exact) mass is 513 g/mol. The van der Waals surface area contributed by atoms with Gasteiger partial charge in [-0.15, -0.1) is 0 Å². The standard InChI is InChI=1S/C28H33F2N3O2S/c1-2-14-36(34,35)32-27-5-3-4-22(15-27)19-31-12-13-33-20-23-8-11-26(30)17-24(23)18-28(33)16-21-6-9-25(29)10-7-21/h3-11,15,17,28,31-32H,2,12-14,16,18-20H2,1H3. The van der Waals surface area contributed by atoms with E-state index >= 15 is 0 Å². The molecule has 1 aliphatic heterocycles. The zero-order chi connectivity index (χ0) is 25.5. The topological polar surface area (TPSA) is 61.4 Å². The summed E-state index contributed by atoms with van der Waals surface area (Å²) >= 11 is 0. The van der Waals surface area contributed by atoms with Crippen LogP contribution in [0.15, 0.2) is 66.7 Å². The largest absolute Gasteiger partial charge is 0.311 e. The van der Waals surface area contributed by atoms with E-state index in [0.717, 1.165) is 54.7 Å². The highest BCUT2D eigenvalue weighted by Crippen LogP contribution is 2.26. The van der Waals surface area contributed by atoms with E-state index in [-0.39, 0.29) is 23.4 Å². The van der Waals surface area contributed by atoms with Gasteiger partial charge in [-0.3, -0.25) is 9.62 Å². The van der Waals surface area contributed by atoms with Crippen LogP contribution in [0.5, 0.6) is 0 Å². The van der Waals surface area contributed by atoms with Gasteiger partial charge in [-0.25, -0.2) is 17.2 Å². The summed E-state index contributed by atoms with van der Waals surface area (Å²) in [5.74, 6) is -0.373. The second kappa shape index (κ2) is 12.0. The molecule has 0 saturated heterocycles. The highest BCUT2D eigenvalue weighted by atomic mass is 32.2. The number of fused-ring (bicyclic) bond motifs is 1. The first-order chi connectivity index (χ1) is 17.3. The van der Waals surface area contributed by atoms with Crippen LogP contribution in [0.3, 0.4) is 0 Å². The predicted octanol–water partition coefficient (Wildman–Crippen LogP) is 4.88. The smallest absolute Gasteiger partial charge is 0.232 e.